The van der Waals surface area contributed by atoms with Gasteiger partial charge in [-0.1, -0.05) is 65.5 Å². The molecule has 4 aliphatic carbocycles. The molecule has 0 bridgehead atoms. The molecular formula is C32H57ClN2O2. The van der Waals surface area contributed by atoms with Crippen LogP contribution in [0.25, 0.3) is 0 Å². The third kappa shape index (κ3) is 6.53. The van der Waals surface area contributed by atoms with E-state index in [-0.39, 0.29) is 24.6 Å². The summed E-state index contributed by atoms with van der Waals surface area (Å²) in [6.45, 7) is 14.0. The van der Waals surface area contributed by atoms with Crippen molar-refractivity contribution in [2.45, 2.75) is 111 Å². The minimum Gasteiger partial charge on any atom is -0.446 e. The molecule has 37 heavy (non-hydrogen) atoms. The molecule has 0 aromatic rings. The Morgan fingerprint density at radius 2 is 1.84 bits per heavy atom. The minimum atomic E-state index is -0.243. The highest BCUT2D eigenvalue weighted by Gasteiger charge is 2.59. The highest BCUT2D eigenvalue weighted by molar-refractivity contribution is 5.85. The Hall–Kier alpha value is -0.740. The molecule has 0 radical (unpaired) electrons. The molecule has 8 atom stereocenters. The summed E-state index contributed by atoms with van der Waals surface area (Å²) >= 11 is 0. The number of hydrogen-bond donors (Lipinski definition) is 1. The standard InChI is InChI=1S/C32H56N2O2.ClH/c1-22(2)9-8-10-23(3)27-13-14-28-26-12-11-24-21-25(36-30(35)33-19-20-34(6)7)15-17-31(24,4)29(26)16-18-32(27,28)5;/h11,22-23,25-29H,8-10,12-21H2,1-7H3,(H,33,35);1H/t23-,25?,26?,27-,28?,29?,31+,32-;/m1./s1. The lowest BCUT2D eigenvalue weighted by atomic mass is 9.47. The van der Waals surface area contributed by atoms with Gasteiger partial charge in [0.05, 0.1) is 0 Å². The molecule has 4 aliphatic rings. The van der Waals surface area contributed by atoms with E-state index in [1.807, 2.05) is 14.1 Å². The molecule has 1 amide bonds. The number of hydrogen-bond acceptors (Lipinski definition) is 3. The molecule has 214 valence electrons. The van der Waals surface area contributed by atoms with Crippen molar-refractivity contribution >= 4 is 18.5 Å². The van der Waals surface area contributed by atoms with Crippen molar-refractivity contribution in [3.63, 3.8) is 0 Å². The zero-order chi connectivity index (χ0) is 26.1. The number of ether oxygens (including phenoxy) is 1. The van der Waals surface area contributed by atoms with Gasteiger partial charge in [-0.2, -0.15) is 0 Å². The van der Waals surface area contributed by atoms with Crippen molar-refractivity contribution in [3.05, 3.63) is 11.6 Å². The fourth-order valence-corrected chi connectivity index (χ4v) is 9.33. The number of amides is 1. The molecule has 4 rings (SSSR count). The van der Waals surface area contributed by atoms with Gasteiger partial charge in [-0.15, -0.1) is 12.4 Å². The average Bonchev–Trinajstić information content (AvgIpc) is 3.16. The van der Waals surface area contributed by atoms with Crippen molar-refractivity contribution in [3.8, 4) is 0 Å². The molecule has 3 saturated carbocycles. The molecule has 0 aromatic carbocycles. The zero-order valence-corrected chi connectivity index (χ0v) is 25.8. The quantitative estimate of drug-likeness (QED) is 0.302. The van der Waals surface area contributed by atoms with E-state index in [9.17, 15) is 4.79 Å². The number of allylic oxidation sites excluding steroid dienone is 1. The second-order valence-electron chi connectivity index (χ2n) is 14.3. The van der Waals surface area contributed by atoms with Crippen molar-refractivity contribution < 1.29 is 9.53 Å². The molecule has 0 aliphatic heterocycles. The Balaban J connectivity index is 0.00000380. The van der Waals surface area contributed by atoms with Gasteiger partial charge in [0.2, 0.25) is 0 Å². The normalized spacial score (nSPS) is 37.6. The molecule has 0 heterocycles. The Morgan fingerprint density at radius 3 is 2.54 bits per heavy atom. The van der Waals surface area contributed by atoms with Crippen molar-refractivity contribution in [1.82, 2.24) is 10.2 Å². The van der Waals surface area contributed by atoms with Gasteiger partial charge in [0.15, 0.2) is 0 Å². The van der Waals surface area contributed by atoms with E-state index in [2.05, 4.69) is 50.9 Å². The van der Waals surface area contributed by atoms with E-state index in [0.717, 1.165) is 54.9 Å². The van der Waals surface area contributed by atoms with Gasteiger partial charge in [0, 0.05) is 19.5 Å². The predicted molar refractivity (Wildman–Crippen MR) is 157 cm³/mol. The third-order valence-corrected chi connectivity index (χ3v) is 11.4. The fourth-order valence-electron chi connectivity index (χ4n) is 9.33. The first-order chi connectivity index (χ1) is 17.0. The lowest BCUT2D eigenvalue weighted by Crippen LogP contribution is -2.51. The summed E-state index contributed by atoms with van der Waals surface area (Å²) < 4.78 is 5.87. The van der Waals surface area contributed by atoms with Gasteiger partial charge >= 0.3 is 6.09 Å². The summed E-state index contributed by atoms with van der Waals surface area (Å²) in [7, 11) is 4.04. The van der Waals surface area contributed by atoms with Crippen LogP contribution in [0.4, 0.5) is 4.79 Å². The molecule has 1 N–H and O–H groups in total. The molecule has 0 saturated heterocycles. The van der Waals surface area contributed by atoms with Gasteiger partial charge in [-0.05, 0) is 105 Å². The van der Waals surface area contributed by atoms with Crippen LogP contribution in [0.15, 0.2) is 11.6 Å². The Bertz CT molecular complexity index is 798. The van der Waals surface area contributed by atoms with Gasteiger partial charge < -0.3 is 15.0 Å². The van der Waals surface area contributed by atoms with Gasteiger partial charge in [-0.25, -0.2) is 4.79 Å². The summed E-state index contributed by atoms with van der Waals surface area (Å²) in [5.74, 6) is 5.21. The van der Waals surface area contributed by atoms with E-state index in [1.165, 1.54) is 57.8 Å². The number of nitrogens with one attached hydrogen (secondary N) is 1. The first kappa shape index (κ1) is 30.8. The zero-order valence-electron chi connectivity index (χ0n) is 25.0. The number of nitrogens with zero attached hydrogens (tertiary/aromatic N) is 1. The van der Waals surface area contributed by atoms with Crippen LogP contribution >= 0.6 is 12.4 Å². The van der Waals surface area contributed by atoms with Crippen LogP contribution in [0.3, 0.4) is 0 Å². The fraction of sp³-hybridized carbons (Fsp3) is 0.906. The first-order valence-corrected chi connectivity index (χ1v) is 15.3. The molecule has 4 nitrogen and oxygen atoms in total. The number of halogens is 1. The molecule has 0 spiro atoms. The largest absolute Gasteiger partial charge is 0.446 e. The van der Waals surface area contributed by atoms with Crippen LogP contribution in [-0.2, 0) is 4.74 Å². The monoisotopic (exact) mass is 536 g/mol. The van der Waals surface area contributed by atoms with E-state index >= 15 is 0 Å². The summed E-state index contributed by atoms with van der Waals surface area (Å²) in [4.78, 5) is 14.4. The molecule has 0 aromatic heterocycles. The number of likely N-dealkylation sites (N-methyl/N-ethyl adjacent to an activating group) is 1. The van der Waals surface area contributed by atoms with Crippen LogP contribution < -0.4 is 5.32 Å². The smallest absolute Gasteiger partial charge is 0.407 e. The van der Waals surface area contributed by atoms with E-state index in [1.54, 1.807) is 5.57 Å². The van der Waals surface area contributed by atoms with Crippen molar-refractivity contribution in [1.29, 1.82) is 0 Å². The SMILES string of the molecule is CC(C)CCC[C@@H](C)[C@H]1CCC2C3CC=C4CC(OC(=O)NCCN(C)C)CC[C@]4(C)C3CC[C@@]21C.Cl. The first-order valence-electron chi connectivity index (χ1n) is 15.3. The molecule has 5 heteroatoms. The summed E-state index contributed by atoms with van der Waals surface area (Å²) in [6.07, 6.45) is 16.7. The second kappa shape index (κ2) is 12.6. The maximum Gasteiger partial charge on any atom is 0.407 e. The summed E-state index contributed by atoms with van der Waals surface area (Å²) in [5, 5.41) is 2.93. The number of fused-ring (bicyclic) bond motifs is 5. The maximum absolute atomic E-state index is 12.3. The van der Waals surface area contributed by atoms with Gasteiger partial charge in [-0.3, -0.25) is 0 Å². The number of alkyl carbamates (subject to hydrolysis) is 1. The summed E-state index contributed by atoms with van der Waals surface area (Å²) in [5.41, 5.74) is 2.46. The van der Waals surface area contributed by atoms with Gasteiger partial charge in [0.25, 0.3) is 0 Å². The molecular weight excluding hydrogens is 480 g/mol. The summed E-state index contributed by atoms with van der Waals surface area (Å²) in [6, 6.07) is 0. The Labute approximate surface area is 234 Å². The van der Waals surface area contributed by atoms with Gasteiger partial charge in [0.1, 0.15) is 6.10 Å². The molecule has 4 unspecified atom stereocenters. The van der Waals surface area contributed by atoms with Crippen LogP contribution in [-0.4, -0.2) is 44.3 Å². The predicted octanol–water partition coefficient (Wildman–Crippen LogP) is 8.11. The van der Waals surface area contributed by atoms with Crippen LogP contribution in [0.5, 0.6) is 0 Å². The minimum absolute atomic E-state index is 0. The number of carbonyl (C=O) groups excluding carboxylic acids is 1. The van der Waals surface area contributed by atoms with Crippen LogP contribution in [0, 0.1) is 46.3 Å². The van der Waals surface area contributed by atoms with Crippen LogP contribution in [0.1, 0.15) is 105 Å². The average molecular weight is 537 g/mol. The lowest BCUT2D eigenvalue weighted by molar-refractivity contribution is -0.0581. The highest BCUT2D eigenvalue weighted by atomic mass is 35.5. The maximum atomic E-state index is 12.3. The third-order valence-electron chi connectivity index (χ3n) is 11.4. The van der Waals surface area contributed by atoms with E-state index in [4.69, 9.17) is 4.74 Å². The Kier molecular flexibility index (Phi) is 10.5. The number of rotatable bonds is 9. The highest BCUT2D eigenvalue weighted by Crippen LogP contribution is 2.67. The second-order valence-corrected chi connectivity index (χ2v) is 14.3. The molecule has 3 fully saturated rings. The topological polar surface area (TPSA) is 41.6 Å². The van der Waals surface area contributed by atoms with Crippen LogP contribution in [0.2, 0.25) is 0 Å². The van der Waals surface area contributed by atoms with Crippen molar-refractivity contribution in [2.75, 3.05) is 27.2 Å². The van der Waals surface area contributed by atoms with E-state index < -0.39 is 0 Å². The van der Waals surface area contributed by atoms with Crippen molar-refractivity contribution in [2.24, 2.45) is 46.3 Å². The lowest BCUT2D eigenvalue weighted by Gasteiger charge is -2.58. The number of carbonyl (C=O) groups is 1. The Morgan fingerprint density at radius 1 is 1.08 bits per heavy atom. The van der Waals surface area contributed by atoms with E-state index in [0.29, 0.717) is 17.4 Å².